The van der Waals surface area contributed by atoms with Crippen LogP contribution in [0, 0.1) is 17.2 Å². The first-order valence-electron chi connectivity index (χ1n) is 5.57. The maximum atomic E-state index is 11.8. The molecular formula is C12H16N2O. The molecule has 0 N–H and O–H groups in total. The Hall–Kier alpha value is -1.30. The molecule has 80 valence electrons. The standard InChI is InChI=1S/C12H16N2O/c1-2-7-14-11(15)8-10-5-3-4-6-12(10,14)9-13/h2,10H,1,3-8H2/t10-,12+/m0/s1. The van der Waals surface area contributed by atoms with Gasteiger partial charge in [-0.25, -0.2) is 0 Å². The lowest BCUT2D eigenvalue weighted by molar-refractivity contribution is -0.129. The molecule has 2 rings (SSSR count). The summed E-state index contributed by atoms with van der Waals surface area (Å²) < 4.78 is 0. The Morgan fingerprint density at radius 2 is 2.47 bits per heavy atom. The molecule has 0 aromatic heterocycles. The highest BCUT2D eigenvalue weighted by Crippen LogP contribution is 2.45. The normalized spacial score (nSPS) is 34.7. The monoisotopic (exact) mass is 204 g/mol. The Balaban J connectivity index is 2.33. The molecule has 1 heterocycles. The molecule has 1 amide bonds. The van der Waals surface area contributed by atoms with Crippen LogP contribution in [0.15, 0.2) is 12.7 Å². The molecule has 15 heavy (non-hydrogen) atoms. The van der Waals surface area contributed by atoms with Crippen LogP contribution in [0.3, 0.4) is 0 Å². The van der Waals surface area contributed by atoms with Gasteiger partial charge in [0.05, 0.1) is 6.07 Å². The number of nitrogens with zero attached hydrogens (tertiary/aromatic N) is 2. The molecule has 3 nitrogen and oxygen atoms in total. The lowest BCUT2D eigenvalue weighted by Gasteiger charge is -2.39. The van der Waals surface area contributed by atoms with Crippen LogP contribution in [0.5, 0.6) is 0 Å². The van der Waals surface area contributed by atoms with Gasteiger partial charge in [0.15, 0.2) is 0 Å². The summed E-state index contributed by atoms with van der Waals surface area (Å²) >= 11 is 0. The molecule has 0 unspecified atom stereocenters. The second-order valence-electron chi connectivity index (χ2n) is 4.48. The molecule has 2 fully saturated rings. The summed E-state index contributed by atoms with van der Waals surface area (Å²) in [6, 6.07) is 2.40. The predicted molar refractivity (Wildman–Crippen MR) is 56.8 cm³/mol. The first kappa shape index (κ1) is 10.2. The zero-order valence-corrected chi connectivity index (χ0v) is 8.91. The van der Waals surface area contributed by atoms with Gasteiger partial charge in [0.1, 0.15) is 5.54 Å². The fourth-order valence-electron chi connectivity index (χ4n) is 3.00. The summed E-state index contributed by atoms with van der Waals surface area (Å²) in [4.78, 5) is 13.6. The van der Waals surface area contributed by atoms with Crippen molar-refractivity contribution in [2.45, 2.75) is 37.6 Å². The van der Waals surface area contributed by atoms with E-state index in [1.54, 1.807) is 11.0 Å². The van der Waals surface area contributed by atoms with E-state index in [0.717, 1.165) is 25.7 Å². The Morgan fingerprint density at radius 1 is 1.67 bits per heavy atom. The van der Waals surface area contributed by atoms with E-state index in [0.29, 0.717) is 13.0 Å². The van der Waals surface area contributed by atoms with Gasteiger partial charge in [0.2, 0.25) is 5.91 Å². The SMILES string of the molecule is C=CCN1C(=O)C[C@@H]2CCCC[C@@]21C#N. The molecule has 0 radical (unpaired) electrons. The minimum absolute atomic E-state index is 0.128. The number of fused-ring (bicyclic) bond motifs is 1. The van der Waals surface area contributed by atoms with E-state index in [1.165, 1.54) is 0 Å². The van der Waals surface area contributed by atoms with E-state index in [1.807, 2.05) is 0 Å². The van der Waals surface area contributed by atoms with Gasteiger partial charge in [0.25, 0.3) is 0 Å². The van der Waals surface area contributed by atoms with E-state index in [-0.39, 0.29) is 11.8 Å². The molecule has 1 saturated carbocycles. The van der Waals surface area contributed by atoms with Crippen molar-refractivity contribution < 1.29 is 4.79 Å². The number of carbonyl (C=O) groups excluding carboxylic acids is 1. The van der Waals surface area contributed by atoms with Gasteiger partial charge in [-0.1, -0.05) is 18.9 Å². The molecule has 0 bridgehead atoms. The fraction of sp³-hybridized carbons (Fsp3) is 0.667. The van der Waals surface area contributed by atoms with Crippen LogP contribution in [0.4, 0.5) is 0 Å². The van der Waals surface area contributed by atoms with Gasteiger partial charge >= 0.3 is 0 Å². The third kappa shape index (κ3) is 1.36. The van der Waals surface area contributed by atoms with Gasteiger partial charge in [-0.15, -0.1) is 6.58 Å². The summed E-state index contributed by atoms with van der Waals surface area (Å²) in [6.45, 7) is 4.18. The highest BCUT2D eigenvalue weighted by Gasteiger charge is 2.53. The van der Waals surface area contributed by atoms with Crippen LogP contribution in [0.25, 0.3) is 0 Å². The van der Waals surface area contributed by atoms with Gasteiger partial charge in [-0.2, -0.15) is 5.26 Å². The number of hydrogen-bond donors (Lipinski definition) is 0. The molecule has 2 aliphatic rings. The number of nitriles is 1. The lowest BCUT2D eigenvalue weighted by Crippen LogP contribution is -2.49. The number of carbonyl (C=O) groups is 1. The molecule has 3 heteroatoms. The average molecular weight is 204 g/mol. The van der Waals surface area contributed by atoms with Crippen LogP contribution in [-0.4, -0.2) is 22.9 Å². The first-order valence-corrected chi connectivity index (χ1v) is 5.57. The highest BCUT2D eigenvalue weighted by molar-refractivity contribution is 5.81. The number of hydrogen-bond acceptors (Lipinski definition) is 2. The molecule has 1 aliphatic carbocycles. The zero-order chi connectivity index (χ0) is 10.9. The van der Waals surface area contributed by atoms with Crippen molar-refractivity contribution in [3.05, 3.63) is 12.7 Å². The van der Waals surface area contributed by atoms with E-state index < -0.39 is 5.54 Å². The maximum Gasteiger partial charge on any atom is 0.224 e. The molecule has 1 saturated heterocycles. The lowest BCUT2D eigenvalue weighted by atomic mass is 9.74. The topological polar surface area (TPSA) is 44.1 Å². The van der Waals surface area contributed by atoms with Gasteiger partial charge in [-0.3, -0.25) is 4.79 Å². The zero-order valence-electron chi connectivity index (χ0n) is 8.91. The first-order chi connectivity index (χ1) is 7.24. The highest BCUT2D eigenvalue weighted by atomic mass is 16.2. The van der Waals surface area contributed by atoms with Crippen molar-refractivity contribution in [3.63, 3.8) is 0 Å². The summed E-state index contributed by atoms with van der Waals surface area (Å²) in [6.07, 6.45) is 6.35. The van der Waals surface area contributed by atoms with E-state index in [9.17, 15) is 10.1 Å². The third-order valence-electron chi connectivity index (χ3n) is 3.74. The largest absolute Gasteiger partial charge is 0.320 e. The van der Waals surface area contributed by atoms with Crippen molar-refractivity contribution in [1.82, 2.24) is 4.90 Å². The Bertz CT molecular complexity index is 331. The Labute approximate surface area is 90.4 Å². The predicted octanol–water partition coefficient (Wildman–Crippen LogP) is 1.86. The summed E-state index contributed by atoms with van der Waals surface area (Å²) in [5.41, 5.74) is -0.510. The number of amides is 1. The van der Waals surface area contributed by atoms with E-state index >= 15 is 0 Å². The van der Waals surface area contributed by atoms with Crippen LogP contribution >= 0.6 is 0 Å². The summed E-state index contributed by atoms with van der Waals surface area (Å²) in [5, 5.41) is 9.39. The quantitative estimate of drug-likeness (QED) is 0.644. The summed E-state index contributed by atoms with van der Waals surface area (Å²) in [5.74, 6) is 0.382. The molecule has 1 aliphatic heterocycles. The minimum atomic E-state index is -0.510. The fourth-order valence-corrected chi connectivity index (χ4v) is 3.00. The molecule has 0 spiro atoms. The van der Waals surface area contributed by atoms with Crippen molar-refractivity contribution in [1.29, 1.82) is 5.26 Å². The van der Waals surface area contributed by atoms with Crippen molar-refractivity contribution in [2.75, 3.05) is 6.54 Å². The Morgan fingerprint density at radius 3 is 3.13 bits per heavy atom. The second-order valence-corrected chi connectivity index (χ2v) is 4.48. The molecule has 0 aromatic carbocycles. The van der Waals surface area contributed by atoms with Gasteiger partial charge < -0.3 is 4.90 Å². The van der Waals surface area contributed by atoms with E-state index in [2.05, 4.69) is 12.6 Å². The van der Waals surface area contributed by atoms with E-state index in [4.69, 9.17) is 0 Å². The van der Waals surface area contributed by atoms with Crippen molar-refractivity contribution >= 4 is 5.91 Å². The van der Waals surface area contributed by atoms with Crippen LogP contribution in [0.2, 0.25) is 0 Å². The summed E-state index contributed by atoms with van der Waals surface area (Å²) in [7, 11) is 0. The third-order valence-corrected chi connectivity index (χ3v) is 3.74. The van der Waals surface area contributed by atoms with Crippen molar-refractivity contribution in [2.24, 2.45) is 5.92 Å². The molecular weight excluding hydrogens is 188 g/mol. The molecule has 2 atom stereocenters. The molecule has 0 aromatic rings. The Kier molecular flexibility index (Phi) is 2.52. The van der Waals surface area contributed by atoms with Crippen LogP contribution < -0.4 is 0 Å². The minimum Gasteiger partial charge on any atom is -0.320 e. The number of rotatable bonds is 2. The maximum absolute atomic E-state index is 11.8. The van der Waals surface area contributed by atoms with Crippen LogP contribution in [0.1, 0.15) is 32.1 Å². The van der Waals surface area contributed by atoms with Gasteiger partial charge in [0, 0.05) is 18.9 Å². The number of likely N-dealkylation sites (tertiary alicyclic amines) is 1. The van der Waals surface area contributed by atoms with Crippen molar-refractivity contribution in [3.8, 4) is 6.07 Å². The van der Waals surface area contributed by atoms with Gasteiger partial charge in [-0.05, 0) is 12.8 Å². The second kappa shape index (κ2) is 3.69. The average Bonchev–Trinajstić information content (AvgIpc) is 2.53. The van der Waals surface area contributed by atoms with Crippen LogP contribution in [-0.2, 0) is 4.79 Å². The smallest absolute Gasteiger partial charge is 0.224 e.